The second-order valence-corrected chi connectivity index (χ2v) is 14.5. The van der Waals surface area contributed by atoms with Crippen molar-refractivity contribution in [1.29, 1.82) is 0 Å². The van der Waals surface area contributed by atoms with Crippen molar-refractivity contribution >= 4 is 0 Å². The van der Waals surface area contributed by atoms with Crippen LogP contribution in [-0.4, -0.2) is 24.9 Å². The van der Waals surface area contributed by atoms with E-state index < -0.39 is 0 Å². The zero-order valence-electron chi connectivity index (χ0n) is 32.6. The summed E-state index contributed by atoms with van der Waals surface area (Å²) in [6.07, 6.45) is 0. The highest BCUT2D eigenvalue weighted by Gasteiger charge is 2.15. The van der Waals surface area contributed by atoms with Gasteiger partial charge in [0.15, 0.2) is 23.3 Å². The number of hydrogen-bond donors (Lipinski definition) is 0. The fourth-order valence-corrected chi connectivity index (χ4v) is 7.39. The first-order valence-corrected chi connectivity index (χ1v) is 20.0. The van der Waals surface area contributed by atoms with Gasteiger partial charge in [0.25, 0.3) is 0 Å². The Morgan fingerprint density at radius 2 is 0.433 bits per heavy atom. The first kappa shape index (κ1) is 36.2. The predicted molar refractivity (Wildman–Crippen MR) is 244 cm³/mol. The molecule has 0 bridgehead atoms. The van der Waals surface area contributed by atoms with Gasteiger partial charge in [-0.3, -0.25) is 0 Å². The maximum absolute atomic E-state index is 5.05. The highest BCUT2D eigenvalue weighted by Crippen LogP contribution is 2.33. The molecule has 0 unspecified atom stereocenters. The van der Waals surface area contributed by atoms with Crippen LogP contribution in [0.3, 0.4) is 0 Å². The number of nitrogens with zero attached hydrogens (tertiary/aromatic N) is 5. The van der Waals surface area contributed by atoms with Gasteiger partial charge in [0.1, 0.15) is 0 Å². The lowest BCUT2D eigenvalue weighted by Crippen LogP contribution is -2.00. The lowest BCUT2D eigenvalue weighted by Gasteiger charge is -2.11. The first-order chi connectivity index (χ1) is 29.7. The van der Waals surface area contributed by atoms with Crippen LogP contribution in [-0.2, 0) is 0 Å². The van der Waals surface area contributed by atoms with E-state index in [1.165, 1.54) is 11.1 Å². The molecule has 0 atom stereocenters. The van der Waals surface area contributed by atoms with Crippen LogP contribution in [0.1, 0.15) is 0 Å². The molecule has 60 heavy (non-hydrogen) atoms. The van der Waals surface area contributed by atoms with Crippen molar-refractivity contribution in [1.82, 2.24) is 24.9 Å². The third-order valence-electron chi connectivity index (χ3n) is 10.6. The van der Waals surface area contributed by atoms with E-state index in [4.69, 9.17) is 24.9 Å². The van der Waals surface area contributed by atoms with Gasteiger partial charge in [0.05, 0.1) is 11.4 Å². The Bertz CT molecular complexity index is 2970. The molecule has 282 valence electrons. The van der Waals surface area contributed by atoms with Crippen LogP contribution in [0.15, 0.2) is 224 Å². The normalized spacial score (nSPS) is 11.0. The minimum Gasteiger partial charge on any atom is -0.228 e. The van der Waals surface area contributed by atoms with Gasteiger partial charge in [0.2, 0.25) is 0 Å². The number of benzene rings is 8. The summed E-state index contributed by atoms with van der Waals surface area (Å²) in [5, 5.41) is 0. The van der Waals surface area contributed by atoms with Crippen LogP contribution >= 0.6 is 0 Å². The van der Waals surface area contributed by atoms with Gasteiger partial charge in [-0.2, -0.15) is 0 Å². The molecule has 0 aliphatic heterocycles. The molecule has 0 spiro atoms. The fourth-order valence-electron chi connectivity index (χ4n) is 7.39. The lowest BCUT2D eigenvalue weighted by atomic mass is 9.99. The maximum atomic E-state index is 5.05. The molecule has 0 aliphatic carbocycles. The zero-order chi connectivity index (χ0) is 40.1. The molecule has 2 heterocycles. The topological polar surface area (TPSA) is 64.5 Å². The van der Waals surface area contributed by atoms with E-state index >= 15 is 0 Å². The van der Waals surface area contributed by atoms with Gasteiger partial charge in [-0.25, -0.2) is 24.9 Å². The van der Waals surface area contributed by atoms with Crippen molar-refractivity contribution in [3.8, 4) is 101 Å². The van der Waals surface area contributed by atoms with Crippen molar-refractivity contribution in [2.45, 2.75) is 0 Å². The van der Waals surface area contributed by atoms with Gasteiger partial charge in [-0.1, -0.05) is 212 Å². The van der Waals surface area contributed by atoms with Gasteiger partial charge >= 0.3 is 0 Å². The summed E-state index contributed by atoms with van der Waals surface area (Å²) in [7, 11) is 0. The van der Waals surface area contributed by atoms with E-state index in [1.807, 2.05) is 84.9 Å². The minimum absolute atomic E-state index is 0.614. The first-order valence-electron chi connectivity index (χ1n) is 20.0. The Morgan fingerprint density at radius 1 is 0.167 bits per heavy atom. The van der Waals surface area contributed by atoms with Crippen molar-refractivity contribution in [3.63, 3.8) is 0 Å². The molecule has 0 fully saturated rings. The molecule has 0 amide bonds. The van der Waals surface area contributed by atoms with E-state index in [0.717, 1.165) is 67.0 Å². The summed E-state index contributed by atoms with van der Waals surface area (Å²) in [6, 6.07) is 77.1. The van der Waals surface area contributed by atoms with Gasteiger partial charge < -0.3 is 0 Å². The van der Waals surface area contributed by atoms with Crippen LogP contribution in [0, 0.1) is 0 Å². The minimum atomic E-state index is 0.614. The summed E-state index contributed by atoms with van der Waals surface area (Å²) >= 11 is 0. The van der Waals surface area contributed by atoms with Crippen LogP contribution in [0.2, 0.25) is 0 Å². The predicted octanol–water partition coefficient (Wildman–Crippen LogP) is 13.7. The molecule has 0 aliphatic rings. The SMILES string of the molecule is c1ccc(-c2ccc(-c3ccc(-c4nc(-c5ccccc5)nc(-c5ccc(-c6cccc(-c7cc(-c8ccccc8)nc(-c8ccccc8)n7)c6)cc5)n4)cc3)cc2)cc1. The third kappa shape index (κ3) is 7.76. The molecule has 10 rings (SSSR count). The van der Waals surface area contributed by atoms with E-state index in [1.54, 1.807) is 0 Å². The van der Waals surface area contributed by atoms with Gasteiger partial charge in [-0.15, -0.1) is 0 Å². The van der Waals surface area contributed by atoms with Crippen molar-refractivity contribution in [3.05, 3.63) is 224 Å². The summed E-state index contributed by atoms with van der Waals surface area (Å²) < 4.78 is 0. The second-order valence-electron chi connectivity index (χ2n) is 14.5. The molecule has 10 aromatic rings. The van der Waals surface area contributed by atoms with Crippen molar-refractivity contribution < 1.29 is 0 Å². The summed E-state index contributed by atoms with van der Waals surface area (Å²) in [5.74, 6) is 2.56. The van der Waals surface area contributed by atoms with Gasteiger partial charge in [-0.05, 0) is 45.5 Å². The summed E-state index contributed by atoms with van der Waals surface area (Å²) in [4.78, 5) is 25.0. The highest BCUT2D eigenvalue weighted by atomic mass is 15.0. The quantitative estimate of drug-likeness (QED) is 0.146. The van der Waals surface area contributed by atoms with Crippen LogP contribution in [0.5, 0.6) is 0 Å². The fraction of sp³-hybridized carbons (Fsp3) is 0. The molecule has 5 nitrogen and oxygen atoms in total. The molecule has 0 saturated carbocycles. The smallest absolute Gasteiger partial charge is 0.164 e. The lowest BCUT2D eigenvalue weighted by molar-refractivity contribution is 1.07. The Morgan fingerprint density at radius 3 is 0.867 bits per heavy atom. The Balaban J connectivity index is 0.959. The van der Waals surface area contributed by atoms with E-state index in [2.05, 4.69) is 140 Å². The van der Waals surface area contributed by atoms with E-state index in [0.29, 0.717) is 23.3 Å². The molecule has 5 heteroatoms. The van der Waals surface area contributed by atoms with Gasteiger partial charge in [0, 0.05) is 33.4 Å². The Labute approximate surface area is 349 Å². The summed E-state index contributed by atoms with van der Waals surface area (Å²) in [6.45, 7) is 0. The Hall–Kier alpha value is -8.15. The monoisotopic (exact) mass is 767 g/mol. The molecule has 0 saturated heterocycles. The summed E-state index contributed by atoms with van der Waals surface area (Å²) in [5.41, 5.74) is 14.4. The van der Waals surface area contributed by atoms with E-state index in [-0.39, 0.29) is 0 Å². The molecule has 0 N–H and O–H groups in total. The molecular formula is C55H37N5. The second kappa shape index (κ2) is 16.4. The number of hydrogen-bond acceptors (Lipinski definition) is 5. The van der Waals surface area contributed by atoms with Crippen molar-refractivity contribution in [2.75, 3.05) is 0 Å². The Kier molecular flexibility index (Phi) is 9.88. The van der Waals surface area contributed by atoms with Crippen LogP contribution in [0.25, 0.3) is 101 Å². The zero-order valence-corrected chi connectivity index (χ0v) is 32.6. The molecular weight excluding hydrogens is 731 g/mol. The third-order valence-corrected chi connectivity index (χ3v) is 10.6. The largest absolute Gasteiger partial charge is 0.228 e. The van der Waals surface area contributed by atoms with E-state index in [9.17, 15) is 0 Å². The van der Waals surface area contributed by atoms with Crippen molar-refractivity contribution in [2.24, 2.45) is 0 Å². The standard InChI is InChI=1S/C55H37N5/c1-5-14-38(15-6-1)39-24-26-40(27-25-39)41-28-32-46(33-29-41)54-58-53(45-20-11-4-12-21-45)59-55(60-54)47-34-30-42(31-35-47)48-22-13-23-49(36-48)51-37-50(43-16-7-2-8-17-43)56-52(57-51)44-18-9-3-10-19-44/h1-37H. The maximum Gasteiger partial charge on any atom is 0.164 e. The average Bonchev–Trinajstić information content (AvgIpc) is 3.35. The van der Waals surface area contributed by atoms with Crippen LogP contribution < -0.4 is 0 Å². The molecule has 0 radical (unpaired) electrons. The molecule has 2 aromatic heterocycles. The van der Waals surface area contributed by atoms with Crippen LogP contribution in [0.4, 0.5) is 0 Å². The number of aromatic nitrogens is 5. The highest BCUT2D eigenvalue weighted by molar-refractivity contribution is 5.78. The average molecular weight is 768 g/mol. The molecule has 8 aromatic carbocycles. The number of rotatable bonds is 9.